The molecule has 34 heavy (non-hydrogen) atoms. The summed E-state index contributed by atoms with van der Waals surface area (Å²) in [7, 11) is -0.446. The first-order valence-electron chi connectivity index (χ1n) is 11.3. The summed E-state index contributed by atoms with van der Waals surface area (Å²) in [6.07, 6.45) is 1.31. The normalized spacial score (nSPS) is 10.5. The van der Waals surface area contributed by atoms with Gasteiger partial charge in [0.1, 0.15) is 0 Å². The summed E-state index contributed by atoms with van der Waals surface area (Å²) in [5.74, 6) is -1.69. The minimum Gasteiger partial charge on any atom is -0.491 e. The average Bonchev–Trinajstić information content (AvgIpc) is 2.89. The molecule has 0 bridgehead atoms. The highest BCUT2D eigenvalue weighted by molar-refractivity contribution is 9.09. The van der Waals surface area contributed by atoms with E-state index in [1.54, 1.807) is 13.0 Å². The summed E-state index contributed by atoms with van der Waals surface area (Å²) in [6, 6.07) is 35.4. The Kier molecular flexibility index (Phi) is 10.7. The molecule has 4 aromatic carbocycles. The van der Waals surface area contributed by atoms with E-state index in [9.17, 15) is 8.78 Å². The first kappa shape index (κ1) is 26.1. The van der Waals surface area contributed by atoms with Gasteiger partial charge in [-0.05, 0) is 55.2 Å². The van der Waals surface area contributed by atoms with Gasteiger partial charge in [-0.2, -0.15) is 4.39 Å². The number of halogens is 3. The highest BCUT2D eigenvalue weighted by Crippen LogP contribution is 2.32. The van der Waals surface area contributed by atoms with E-state index in [0.717, 1.165) is 11.8 Å². The monoisotopic (exact) mass is 540 g/mol. The van der Waals surface area contributed by atoms with Gasteiger partial charge < -0.3 is 4.74 Å². The molecule has 0 radical (unpaired) electrons. The SMILES string of the molecule is CCOc1ccc(CCCBr)c(F)c1F.c1ccc(P(c2ccccc2)c2ccccc2)cc1. The molecule has 4 aromatic rings. The molecule has 0 atom stereocenters. The highest BCUT2D eigenvalue weighted by Gasteiger charge is 2.15. The fourth-order valence-corrected chi connectivity index (χ4v) is 6.05. The van der Waals surface area contributed by atoms with Crippen LogP contribution in [0.4, 0.5) is 8.78 Å². The summed E-state index contributed by atoms with van der Waals surface area (Å²) in [5, 5.41) is 4.97. The molecule has 0 unspecified atom stereocenters. The zero-order chi connectivity index (χ0) is 24.2. The van der Waals surface area contributed by atoms with E-state index in [0.29, 0.717) is 18.6 Å². The predicted molar refractivity (Wildman–Crippen MR) is 145 cm³/mol. The van der Waals surface area contributed by atoms with Crippen molar-refractivity contribution >= 4 is 39.8 Å². The van der Waals surface area contributed by atoms with Crippen LogP contribution in [0, 0.1) is 11.6 Å². The molecule has 176 valence electrons. The minimum atomic E-state index is -0.885. The Balaban J connectivity index is 0.000000197. The van der Waals surface area contributed by atoms with Gasteiger partial charge in [0, 0.05) is 5.33 Å². The standard InChI is InChI=1S/C18H15P.C11H13BrF2O/c1-4-10-16(11-5-1)19(17-12-6-2-7-13-17)18-14-8-3-9-15-18;1-2-15-9-6-5-8(4-3-7-12)10(13)11(9)14/h1-15H;5-6H,2-4,7H2,1H3. The van der Waals surface area contributed by atoms with Crippen molar-refractivity contribution in [2.45, 2.75) is 19.8 Å². The third-order valence-electron chi connectivity index (χ3n) is 5.05. The zero-order valence-electron chi connectivity index (χ0n) is 19.1. The summed E-state index contributed by atoms with van der Waals surface area (Å²) < 4.78 is 31.8. The number of aryl methyl sites for hydroxylation is 1. The van der Waals surface area contributed by atoms with Crippen LogP contribution in [0.3, 0.4) is 0 Å². The maximum Gasteiger partial charge on any atom is 0.200 e. The molecule has 0 saturated heterocycles. The molecular formula is C29H28BrF2OP. The number of ether oxygens (including phenoxy) is 1. The molecule has 0 N–H and O–H groups in total. The number of hydrogen-bond donors (Lipinski definition) is 0. The molecule has 0 saturated carbocycles. The number of hydrogen-bond acceptors (Lipinski definition) is 1. The number of rotatable bonds is 8. The Morgan fingerprint density at radius 1 is 0.676 bits per heavy atom. The highest BCUT2D eigenvalue weighted by atomic mass is 79.9. The van der Waals surface area contributed by atoms with E-state index in [4.69, 9.17) is 4.74 Å². The lowest BCUT2D eigenvalue weighted by atomic mass is 10.1. The fourth-order valence-electron chi connectivity index (χ4n) is 3.47. The van der Waals surface area contributed by atoms with Crippen molar-refractivity contribution < 1.29 is 13.5 Å². The molecule has 0 heterocycles. The van der Waals surface area contributed by atoms with Crippen LogP contribution in [0.5, 0.6) is 5.75 Å². The smallest absolute Gasteiger partial charge is 0.200 e. The van der Waals surface area contributed by atoms with Gasteiger partial charge in [0.25, 0.3) is 0 Å². The first-order valence-corrected chi connectivity index (χ1v) is 13.7. The predicted octanol–water partition coefficient (Wildman–Crippen LogP) is 7.14. The van der Waals surface area contributed by atoms with Crippen molar-refractivity contribution in [1.82, 2.24) is 0 Å². The molecule has 0 aliphatic carbocycles. The van der Waals surface area contributed by atoms with Gasteiger partial charge in [-0.3, -0.25) is 0 Å². The second kappa shape index (κ2) is 14.0. The largest absolute Gasteiger partial charge is 0.491 e. The van der Waals surface area contributed by atoms with E-state index < -0.39 is 19.6 Å². The van der Waals surface area contributed by atoms with Crippen LogP contribution in [0.15, 0.2) is 103 Å². The van der Waals surface area contributed by atoms with Crippen molar-refractivity contribution in [3.8, 4) is 5.75 Å². The van der Waals surface area contributed by atoms with Gasteiger partial charge in [0.2, 0.25) is 5.82 Å². The molecule has 5 heteroatoms. The van der Waals surface area contributed by atoms with Crippen molar-refractivity contribution in [3.63, 3.8) is 0 Å². The quantitative estimate of drug-likeness (QED) is 0.170. The van der Waals surface area contributed by atoms with Crippen molar-refractivity contribution in [1.29, 1.82) is 0 Å². The van der Waals surface area contributed by atoms with Gasteiger partial charge in [0.05, 0.1) is 6.61 Å². The zero-order valence-corrected chi connectivity index (χ0v) is 21.6. The van der Waals surface area contributed by atoms with Crippen molar-refractivity contribution in [2.75, 3.05) is 11.9 Å². The van der Waals surface area contributed by atoms with Gasteiger partial charge in [-0.25, -0.2) is 4.39 Å². The van der Waals surface area contributed by atoms with Gasteiger partial charge in [-0.15, -0.1) is 0 Å². The minimum absolute atomic E-state index is 0.0161. The van der Waals surface area contributed by atoms with Gasteiger partial charge in [0.15, 0.2) is 11.6 Å². The number of benzene rings is 4. The van der Waals surface area contributed by atoms with E-state index in [1.807, 2.05) is 0 Å². The van der Waals surface area contributed by atoms with Crippen molar-refractivity contribution in [3.05, 3.63) is 120 Å². The van der Waals surface area contributed by atoms with E-state index in [-0.39, 0.29) is 5.75 Å². The Morgan fingerprint density at radius 2 is 1.15 bits per heavy atom. The lowest BCUT2D eigenvalue weighted by molar-refractivity contribution is 0.313. The van der Waals surface area contributed by atoms with Crippen LogP contribution >= 0.6 is 23.9 Å². The van der Waals surface area contributed by atoms with Crippen LogP contribution in [0.1, 0.15) is 18.9 Å². The molecule has 0 spiro atoms. The third kappa shape index (κ3) is 7.22. The van der Waals surface area contributed by atoms with Crippen LogP contribution in [0.25, 0.3) is 0 Å². The van der Waals surface area contributed by atoms with Gasteiger partial charge >= 0.3 is 0 Å². The van der Waals surface area contributed by atoms with Crippen molar-refractivity contribution in [2.24, 2.45) is 0 Å². The molecule has 1 nitrogen and oxygen atoms in total. The molecule has 0 aliphatic rings. The molecule has 0 amide bonds. The molecule has 0 aliphatic heterocycles. The molecule has 0 aromatic heterocycles. The summed E-state index contributed by atoms with van der Waals surface area (Å²) >= 11 is 3.25. The summed E-state index contributed by atoms with van der Waals surface area (Å²) in [5.41, 5.74) is 0.399. The average molecular weight is 541 g/mol. The van der Waals surface area contributed by atoms with E-state index in [2.05, 4.69) is 107 Å². The fraction of sp³-hybridized carbons (Fsp3) is 0.172. The molecule has 4 rings (SSSR count). The maximum atomic E-state index is 13.4. The van der Waals surface area contributed by atoms with Crippen LogP contribution < -0.4 is 20.7 Å². The maximum absolute atomic E-state index is 13.4. The van der Waals surface area contributed by atoms with E-state index in [1.165, 1.54) is 22.0 Å². The van der Waals surface area contributed by atoms with Crippen LogP contribution in [0.2, 0.25) is 0 Å². The summed E-state index contributed by atoms with van der Waals surface area (Å²) in [6.45, 7) is 2.06. The Bertz CT molecular complexity index is 1030. The van der Waals surface area contributed by atoms with E-state index >= 15 is 0 Å². The van der Waals surface area contributed by atoms with Gasteiger partial charge in [-0.1, -0.05) is 113 Å². The lowest BCUT2D eigenvalue weighted by Gasteiger charge is -2.18. The second-order valence-electron chi connectivity index (χ2n) is 7.42. The first-order chi connectivity index (χ1) is 16.7. The third-order valence-corrected chi connectivity index (χ3v) is 8.05. The Morgan fingerprint density at radius 3 is 1.56 bits per heavy atom. The lowest BCUT2D eigenvalue weighted by Crippen LogP contribution is -2.20. The molecular weight excluding hydrogens is 513 g/mol. The number of alkyl halides is 1. The van der Waals surface area contributed by atoms with Crippen LogP contribution in [-0.4, -0.2) is 11.9 Å². The Labute approximate surface area is 210 Å². The summed E-state index contributed by atoms with van der Waals surface area (Å²) in [4.78, 5) is 0. The molecule has 0 fully saturated rings. The Hall–Kier alpha value is -2.55. The second-order valence-corrected chi connectivity index (χ2v) is 10.4. The topological polar surface area (TPSA) is 9.23 Å². The van der Waals surface area contributed by atoms with Crippen LogP contribution in [-0.2, 0) is 6.42 Å².